The number of aliphatic hydroxyl groups excluding tert-OH is 1. The highest BCUT2D eigenvalue weighted by Gasteiger charge is 2.49. The number of carbonyl (C=O) groups is 2. The quantitative estimate of drug-likeness (QED) is 0.615. The number of ether oxygens (including phenoxy) is 1. The number of guanidine groups is 1. The molecule has 9 nitrogen and oxygen atoms in total. The van der Waals surface area contributed by atoms with Crippen molar-refractivity contribution in [3.63, 3.8) is 0 Å². The van der Waals surface area contributed by atoms with Gasteiger partial charge in [0.05, 0.1) is 6.54 Å². The van der Waals surface area contributed by atoms with Crippen LogP contribution in [0.1, 0.15) is 43.2 Å². The molecule has 3 atom stereocenters. The predicted octanol–water partition coefficient (Wildman–Crippen LogP) is 1.51. The highest BCUT2D eigenvalue weighted by Crippen LogP contribution is 2.26. The molecule has 3 amide bonds. The molecule has 3 N–H and O–H groups in total. The van der Waals surface area contributed by atoms with E-state index in [0.717, 1.165) is 31.2 Å². The van der Waals surface area contributed by atoms with Crippen molar-refractivity contribution in [2.45, 2.75) is 70.3 Å². The first-order chi connectivity index (χ1) is 15.3. The number of urea groups is 1. The van der Waals surface area contributed by atoms with Crippen molar-refractivity contribution in [1.29, 1.82) is 0 Å². The van der Waals surface area contributed by atoms with Crippen molar-refractivity contribution < 1.29 is 19.4 Å². The Morgan fingerprint density at radius 1 is 1.22 bits per heavy atom. The Kier molecular flexibility index (Phi) is 6.55. The molecule has 2 fully saturated rings. The lowest BCUT2D eigenvalue weighted by atomic mass is 9.96. The number of nitrogens with zero attached hydrogens (tertiary/aromatic N) is 3. The van der Waals surface area contributed by atoms with Crippen LogP contribution in [0.25, 0.3) is 0 Å². The van der Waals surface area contributed by atoms with Gasteiger partial charge in [-0.05, 0) is 49.9 Å². The first-order valence-electron chi connectivity index (χ1n) is 11.4. The third-order valence-corrected chi connectivity index (χ3v) is 6.63. The summed E-state index contributed by atoms with van der Waals surface area (Å²) in [5.74, 6) is 0.861. The van der Waals surface area contributed by atoms with Crippen LogP contribution in [0.3, 0.4) is 0 Å². The van der Waals surface area contributed by atoms with Crippen molar-refractivity contribution in [3.05, 3.63) is 29.3 Å². The number of fused-ring (bicyclic) bond motifs is 1. The lowest BCUT2D eigenvalue weighted by Gasteiger charge is -2.37. The third kappa shape index (κ3) is 4.67. The number of aryl methyl sites for hydroxylation is 2. The Hall–Kier alpha value is -2.81. The van der Waals surface area contributed by atoms with Crippen molar-refractivity contribution in [1.82, 2.24) is 20.4 Å². The minimum atomic E-state index is -0.843. The van der Waals surface area contributed by atoms with Gasteiger partial charge in [0.2, 0.25) is 0 Å². The molecular weight excluding hydrogens is 410 g/mol. The topological polar surface area (TPSA) is 106 Å². The summed E-state index contributed by atoms with van der Waals surface area (Å²) in [6, 6.07) is 4.95. The van der Waals surface area contributed by atoms with E-state index >= 15 is 0 Å². The van der Waals surface area contributed by atoms with E-state index < -0.39 is 30.2 Å². The van der Waals surface area contributed by atoms with E-state index in [-0.39, 0.29) is 19.2 Å². The first-order valence-corrected chi connectivity index (χ1v) is 11.4. The molecule has 1 aromatic rings. The zero-order valence-electron chi connectivity index (χ0n) is 19.0. The van der Waals surface area contributed by atoms with Gasteiger partial charge in [0.1, 0.15) is 18.5 Å². The number of nitrogens with one attached hydrogen (secondary N) is 2. The van der Waals surface area contributed by atoms with Crippen LogP contribution in [0, 0.1) is 13.8 Å². The molecule has 1 aliphatic carbocycles. The molecule has 9 heteroatoms. The van der Waals surface area contributed by atoms with Crippen LogP contribution in [0.15, 0.2) is 23.2 Å². The van der Waals surface area contributed by atoms with Gasteiger partial charge in [-0.1, -0.05) is 25.3 Å². The minimum Gasteiger partial charge on any atom is -0.491 e. The number of aliphatic hydroxyl groups is 1. The van der Waals surface area contributed by atoms with Gasteiger partial charge in [0, 0.05) is 13.1 Å². The van der Waals surface area contributed by atoms with E-state index in [1.807, 2.05) is 32.0 Å². The van der Waals surface area contributed by atoms with Gasteiger partial charge in [-0.15, -0.1) is 0 Å². The molecule has 4 rings (SSSR count). The van der Waals surface area contributed by atoms with Gasteiger partial charge in [0.15, 0.2) is 18.2 Å². The van der Waals surface area contributed by atoms with E-state index in [9.17, 15) is 14.7 Å². The van der Waals surface area contributed by atoms with Crippen LogP contribution < -0.4 is 15.4 Å². The molecule has 3 unspecified atom stereocenters. The summed E-state index contributed by atoms with van der Waals surface area (Å²) in [5.41, 5.74) is 2.30. The zero-order valence-corrected chi connectivity index (χ0v) is 19.0. The average Bonchev–Trinajstić information content (AvgIpc) is 3.12. The van der Waals surface area contributed by atoms with Crippen molar-refractivity contribution in [2.75, 3.05) is 20.2 Å². The van der Waals surface area contributed by atoms with Crippen molar-refractivity contribution >= 4 is 17.9 Å². The Balaban J connectivity index is 1.46. The van der Waals surface area contributed by atoms with Crippen molar-refractivity contribution in [3.8, 4) is 5.75 Å². The van der Waals surface area contributed by atoms with Crippen LogP contribution in [0.2, 0.25) is 0 Å². The summed E-state index contributed by atoms with van der Waals surface area (Å²) in [6.07, 6.45) is 4.17. The van der Waals surface area contributed by atoms with Crippen LogP contribution in [0.5, 0.6) is 5.75 Å². The Morgan fingerprint density at radius 2 is 1.97 bits per heavy atom. The van der Waals surface area contributed by atoms with Crippen LogP contribution in [-0.4, -0.2) is 77.4 Å². The van der Waals surface area contributed by atoms with Gasteiger partial charge in [-0.3, -0.25) is 10.1 Å². The number of aliphatic imine (C=N–C) groups is 1. The van der Waals surface area contributed by atoms with Crippen LogP contribution in [-0.2, 0) is 4.79 Å². The second kappa shape index (κ2) is 9.36. The molecule has 3 aliphatic rings. The van der Waals surface area contributed by atoms with E-state index in [1.165, 1.54) is 16.9 Å². The zero-order chi connectivity index (χ0) is 22.8. The number of imide groups is 1. The maximum atomic E-state index is 12.7. The van der Waals surface area contributed by atoms with E-state index in [4.69, 9.17) is 4.74 Å². The van der Waals surface area contributed by atoms with Crippen LogP contribution >= 0.6 is 0 Å². The third-order valence-electron chi connectivity index (χ3n) is 6.63. The molecule has 1 saturated carbocycles. The molecule has 32 heavy (non-hydrogen) atoms. The first kappa shape index (κ1) is 22.4. The average molecular weight is 444 g/mol. The molecule has 1 saturated heterocycles. The highest BCUT2D eigenvalue weighted by molar-refractivity contribution is 6.03. The second-order valence-electron chi connectivity index (χ2n) is 9.06. The molecule has 0 aromatic heterocycles. The monoisotopic (exact) mass is 443 g/mol. The summed E-state index contributed by atoms with van der Waals surface area (Å²) < 4.78 is 5.80. The molecule has 1 aromatic carbocycles. The maximum absolute atomic E-state index is 12.7. The fraction of sp³-hybridized carbons (Fsp3) is 0.609. The summed E-state index contributed by atoms with van der Waals surface area (Å²) in [4.78, 5) is 32.7. The SMILES string of the molecule is Cc1ccc(OCC(O)CN2C(NC3CCCCC3)=NC3C2C(=O)NC(=O)N3C)cc1C. The number of benzene rings is 1. The van der Waals surface area contributed by atoms with Crippen LogP contribution in [0.4, 0.5) is 4.79 Å². The summed E-state index contributed by atoms with van der Waals surface area (Å²) >= 11 is 0. The molecule has 0 bridgehead atoms. The summed E-state index contributed by atoms with van der Waals surface area (Å²) in [6.45, 7) is 4.31. The minimum absolute atomic E-state index is 0.0868. The standard InChI is InChI=1S/C23H33N5O4/c1-14-9-10-18(11-15(14)2)32-13-17(29)12-28-19-20(27(3)23(31)26-21(19)30)25-22(28)24-16-7-5-4-6-8-16/h9-11,16-17,19-20,29H,4-8,12-13H2,1-3H3,(H,24,25)(H,26,30,31). The molecule has 2 heterocycles. The lowest BCUT2D eigenvalue weighted by Crippen LogP contribution is -2.65. The molecule has 0 radical (unpaired) electrons. The van der Waals surface area contributed by atoms with E-state index in [1.54, 1.807) is 11.9 Å². The second-order valence-corrected chi connectivity index (χ2v) is 9.06. The highest BCUT2D eigenvalue weighted by atomic mass is 16.5. The van der Waals surface area contributed by atoms with Gasteiger partial charge in [-0.25, -0.2) is 9.79 Å². The van der Waals surface area contributed by atoms with Crippen molar-refractivity contribution in [2.24, 2.45) is 4.99 Å². The fourth-order valence-electron chi connectivity index (χ4n) is 4.55. The molecular formula is C23H33N5O4. The van der Waals surface area contributed by atoms with Gasteiger partial charge in [-0.2, -0.15) is 0 Å². The lowest BCUT2D eigenvalue weighted by molar-refractivity contribution is -0.127. The van der Waals surface area contributed by atoms with Gasteiger partial charge in [0.25, 0.3) is 5.91 Å². The number of hydrogen-bond acceptors (Lipinski definition) is 7. The number of likely N-dealkylation sites (N-methyl/N-ethyl adjacent to an activating group) is 1. The fourth-order valence-corrected chi connectivity index (χ4v) is 4.55. The number of hydrogen-bond donors (Lipinski definition) is 3. The molecule has 174 valence electrons. The normalized spacial score (nSPS) is 24.7. The smallest absolute Gasteiger partial charge is 0.325 e. The Labute approximate surface area is 188 Å². The Bertz CT molecular complexity index is 898. The molecule has 2 aliphatic heterocycles. The summed E-state index contributed by atoms with van der Waals surface area (Å²) in [5, 5.41) is 16.6. The van der Waals surface area contributed by atoms with E-state index in [2.05, 4.69) is 15.6 Å². The number of amides is 3. The maximum Gasteiger partial charge on any atom is 0.325 e. The number of rotatable bonds is 6. The Morgan fingerprint density at radius 3 is 2.69 bits per heavy atom. The molecule has 0 spiro atoms. The summed E-state index contributed by atoms with van der Waals surface area (Å²) in [7, 11) is 1.63. The van der Waals surface area contributed by atoms with E-state index in [0.29, 0.717) is 11.7 Å². The predicted molar refractivity (Wildman–Crippen MR) is 120 cm³/mol. The number of carbonyl (C=O) groups excluding carboxylic acids is 2. The largest absolute Gasteiger partial charge is 0.491 e. The number of β-amino-alcohol motifs (C(OH)–C–C–N with tert-alkyl or cyclic N) is 1. The van der Waals surface area contributed by atoms with Gasteiger partial charge >= 0.3 is 6.03 Å². The van der Waals surface area contributed by atoms with Gasteiger partial charge < -0.3 is 25.0 Å².